The molecule has 7 nitrogen and oxygen atoms in total. The third-order valence-electron chi connectivity index (χ3n) is 4.06. The van der Waals surface area contributed by atoms with Crippen molar-refractivity contribution in [3.8, 4) is 6.07 Å². The van der Waals surface area contributed by atoms with Crippen LogP contribution >= 0.6 is 0 Å². The maximum absolute atomic E-state index is 14.6. The Labute approximate surface area is 171 Å². The zero-order valence-electron chi connectivity index (χ0n) is 19.6. The van der Waals surface area contributed by atoms with Gasteiger partial charge < -0.3 is 15.8 Å². The van der Waals surface area contributed by atoms with E-state index in [4.69, 9.17) is 22.6 Å². The summed E-state index contributed by atoms with van der Waals surface area (Å²) in [4.78, 5) is 20.1. The topological polar surface area (TPSA) is 113 Å². The van der Waals surface area contributed by atoms with Gasteiger partial charge in [0.1, 0.15) is 30.0 Å². The number of carbonyl (C=O) groups excluding carboxylic acids is 1. The standard InChI is InChI=1S/C19H16F3N5O2/c1-10-4-11(6-23)7-25-16(10)17(28)26-12-2-3-14(20)13(5-12)19(18(21)22)9-29-8-15(24)27-19/h2-5,7,18H,8-9H2,1H3,(H2,24,27)(H,26,28)/t19-/m0/s1/i1D3,4D,7D. The highest BCUT2D eigenvalue weighted by atomic mass is 19.3. The number of pyridine rings is 1. The lowest BCUT2D eigenvalue weighted by atomic mass is 9.90. The van der Waals surface area contributed by atoms with Gasteiger partial charge in [0, 0.05) is 21.5 Å². The molecule has 29 heavy (non-hydrogen) atoms. The molecular formula is C19H16F3N5O2. The molecule has 0 radical (unpaired) electrons. The number of carbonyl (C=O) groups is 1. The number of benzene rings is 1. The molecule has 150 valence electrons. The number of nitrogens with zero attached hydrogens (tertiary/aromatic N) is 3. The molecule has 0 bridgehead atoms. The molecule has 10 heteroatoms. The maximum Gasteiger partial charge on any atom is 0.274 e. The quantitative estimate of drug-likeness (QED) is 0.807. The molecular weight excluding hydrogens is 387 g/mol. The van der Waals surface area contributed by atoms with Crippen molar-refractivity contribution in [2.45, 2.75) is 18.8 Å². The first-order valence-electron chi connectivity index (χ1n) is 10.5. The molecule has 0 fully saturated rings. The lowest BCUT2D eigenvalue weighted by Crippen LogP contribution is -2.45. The Morgan fingerprint density at radius 1 is 1.55 bits per heavy atom. The number of anilines is 1. The van der Waals surface area contributed by atoms with Crippen molar-refractivity contribution in [1.82, 2.24) is 4.98 Å². The fourth-order valence-corrected chi connectivity index (χ4v) is 2.72. The van der Waals surface area contributed by atoms with Gasteiger partial charge in [0.15, 0.2) is 5.54 Å². The second-order valence-corrected chi connectivity index (χ2v) is 6.03. The van der Waals surface area contributed by atoms with Crippen LogP contribution in [0, 0.1) is 24.0 Å². The normalized spacial score (nSPS) is 21.8. The van der Waals surface area contributed by atoms with Gasteiger partial charge >= 0.3 is 0 Å². The summed E-state index contributed by atoms with van der Waals surface area (Å²) >= 11 is 0. The number of aromatic nitrogens is 1. The van der Waals surface area contributed by atoms with Crippen LogP contribution in [0.3, 0.4) is 0 Å². The van der Waals surface area contributed by atoms with Crippen molar-refractivity contribution in [2.24, 2.45) is 10.7 Å². The van der Waals surface area contributed by atoms with Gasteiger partial charge in [-0.1, -0.05) is 0 Å². The smallest absolute Gasteiger partial charge is 0.274 e. The second kappa shape index (κ2) is 7.89. The molecule has 1 aromatic heterocycles. The molecule has 2 aromatic rings. The zero-order valence-corrected chi connectivity index (χ0v) is 14.6. The molecule has 1 aliphatic heterocycles. The van der Waals surface area contributed by atoms with Gasteiger partial charge in [-0.25, -0.2) is 18.2 Å². The van der Waals surface area contributed by atoms with E-state index in [-0.39, 0.29) is 18.1 Å². The van der Waals surface area contributed by atoms with Gasteiger partial charge in [0.2, 0.25) is 0 Å². The highest BCUT2D eigenvalue weighted by Crippen LogP contribution is 2.38. The number of aliphatic imine (C=N–C) groups is 1. The van der Waals surface area contributed by atoms with E-state index in [1.54, 1.807) is 0 Å². The van der Waals surface area contributed by atoms with Crippen LogP contribution in [0.1, 0.15) is 34.0 Å². The monoisotopic (exact) mass is 408 g/mol. The van der Waals surface area contributed by atoms with E-state index >= 15 is 0 Å². The Morgan fingerprint density at radius 2 is 2.34 bits per heavy atom. The molecule has 1 amide bonds. The van der Waals surface area contributed by atoms with Crippen molar-refractivity contribution < 1.29 is 29.6 Å². The van der Waals surface area contributed by atoms with Gasteiger partial charge in [0.25, 0.3) is 12.3 Å². The van der Waals surface area contributed by atoms with Crippen molar-refractivity contribution in [3.63, 3.8) is 0 Å². The highest BCUT2D eigenvalue weighted by molar-refractivity contribution is 6.03. The average Bonchev–Trinajstić information content (AvgIpc) is 2.73. The van der Waals surface area contributed by atoms with Gasteiger partial charge in [-0.3, -0.25) is 9.79 Å². The summed E-state index contributed by atoms with van der Waals surface area (Å²) in [5, 5.41) is 11.3. The van der Waals surface area contributed by atoms with Gasteiger partial charge in [-0.15, -0.1) is 0 Å². The minimum Gasteiger partial charge on any atom is -0.385 e. The minimum atomic E-state index is -3.23. The van der Waals surface area contributed by atoms with Crippen LogP contribution in [0.5, 0.6) is 0 Å². The number of rotatable bonds is 4. The van der Waals surface area contributed by atoms with Crippen LogP contribution in [-0.4, -0.2) is 36.4 Å². The Balaban J connectivity index is 2.09. The molecule has 3 rings (SSSR count). The summed E-state index contributed by atoms with van der Waals surface area (Å²) in [6, 6.07) is 3.31. The van der Waals surface area contributed by atoms with E-state index < -0.39 is 71.7 Å². The lowest BCUT2D eigenvalue weighted by Gasteiger charge is -2.33. The first-order valence-corrected chi connectivity index (χ1v) is 8.05. The number of halogens is 3. The number of amidine groups is 1. The number of nitriles is 1. The van der Waals surface area contributed by atoms with Crippen LogP contribution in [0.4, 0.5) is 18.9 Å². The number of hydrogen-bond donors (Lipinski definition) is 2. The Hall–Kier alpha value is -3.45. The Bertz CT molecular complexity index is 1230. The predicted molar refractivity (Wildman–Crippen MR) is 98.2 cm³/mol. The summed E-state index contributed by atoms with van der Waals surface area (Å²) in [6.07, 6.45) is -4.03. The van der Waals surface area contributed by atoms with E-state index in [9.17, 15) is 18.0 Å². The van der Waals surface area contributed by atoms with E-state index in [1.807, 2.05) is 0 Å². The Morgan fingerprint density at radius 3 is 3.00 bits per heavy atom. The third kappa shape index (κ3) is 3.90. The second-order valence-electron chi connectivity index (χ2n) is 6.03. The maximum atomic E-state index is 14.6. The summed E-state index contributed by atoms with van der Waals surface area (Å²) in [5.74, 6) is -2.58. The number of alkyl halides is 2. The van der Waals surface area contributed by atoms with Crippen LogP contribution in [0.2, 0.25) is 0 Å². The van der Waals surface area contributed by atoms with Gasteiger partial charge in [-0.2, -0.15) is 5.26 Å². The molecule has 0 saturated carbocycles. The molecule has 0 aliphatic carbocycles. The molecule has 3 N–H and O–H groups in total. The van der Waals surface area contributed by atoms with Crippen molar-refractivity contribution >= 4 is 17.4 Å². The molecule has 2 heterocycles. The predicted octanol–water partition coefficient (Wildman–Crippen LogP) is 2.50. The minimum absolute atomic E-state index is 0.223. The fraction of sp³-hybridized carbons (Fsp3) is 0.263. The van der Waals surface area contributed by atoms with Crippen LogP contribution in [-0.2, 0) is 10.3 Å². The third-order valence-corrected chi connectivity index (χ3v) is 4.06. The van der Waals surface area contributed by atoms with Crippen LogP contribution < -0.4 is 11.1 Å². The first-order chi connectivity index (χ1) is 15.8. The van der Waals surface area contributed by atoms with Crippen molar-refractivity contribution in [2.75, 3.05) is 18.5 Å². The highest BCUT2D eigenvalue weighted by Gasteiger charge is 2.46. The molecule has 1 aromatic carbocycles. The molecule has 1 aliphatic rings. The molecule has 1 atom stereocenters. The molecule has 0 unspecified atom stereocenters. The zero-order chi connectivity index (χ0) is 25.4. The molecule has 0 saturated heterocycles. The van der Waals surface area contributed by atoms with E-state index in [1.165, 1.54) is 6.07 Å². The van der Waals surface area contributed by atoms with E-state index in [2.05, 4.69) is 15.3 Å². The summed E-state index contributed by atoms with van der Waals surface area (Å²) in [7, 11) is 0. The van der Waals surface area contributed by atoms with Crippen molar-refractivity contribution in [1.29, 1.82) is 5.26 Å². The largest absolute Gasteiger partial charge is 0.385 e. The summed E-state index contributed by atoms with van der Waals surface area (Å²) in [5.41, 5.74) is -0.180. The number of hydrogen-bond acceptors (Lipinski definition) is 6. The van der Waals surface area contributed by atoms with E-state index in [0.717, 1.165) is 18.2 Å². The Kier molecular flexibility index (Phi) is 3.95. The summed E-state index contributed by atoms with van der Waals surface area (Å²) < 4.78 is 86.1. The number of nitrogens with two attached hydrogens (primary N) is 1. The number of ether oxygens (including phenoxy) is 1. The van der Waals surface area contributed by atoms with E-state index in [0.29, 0.717) is 0 Å². The fourth-order valence-electron chi connectivity index (χ4n) is 2.72. The lowest BCUT2D eigenvalue weighted by molar-refractivity contribution is -0.0145. The van der Waals surface area contributed by atoms with Gasteiger partial charge in [0.05, 0.1) is 14.9 Å². The first kappa shape index (κ1) is 14.5. The van der Waals surface area contributed by atoms with Crippen LogP contribution in [0.25, 0.3) is 0 Å². The van der Waals surface area contributed by atoms with Crippen LogP contribution in [0.15, 0.2) is 35.4 Å². The van der Waals surface area contributed by atoms with Gasteiger partial charge in [-0.05, 0) is 36.7 Å². The average molecular weight is 408 g/mol. The summed E-state index contributed by atoms with van der Waals surface area (Å²) in [6.45, 7) is -3.96. The number of nitrogens with one attached hydrogen (secondary N) is 1. The molecule has 0 spiro atoms. The van der Waals surface area contributed by atoms with Crippen molar-refractivity contribution in [3.05, 3.63) is 58.6 Å². The number of amides is 1. The SMILES string of the molecule is [2H]c1nc(C(=O)Nc2ccc(F)c([C@]3(C(F)F)COCC(N)=N3)c2)c(C([2H])([2H])[2H])c([2H])c1C#N.